The SMILES string of the molecule is Cc1sc(-c2ccco2)nc1C(=O)Nc1nc(-c2c[nH]c3ccccc23)cs1. The molecule has 0 aliphatic rings. The average molecular weight is 406 g/mol. The highest BCUT2D eigenvalue weighted by Gasteiger charge is 2.19. The monoisotopic (exact) mass is 406 g/mol. The first-order valence-corrected chi connectivity index (χ1v) is 10.2. The molecular formula is C20H14N4O2S2. The van der Waals surface area contributed by atoms with Crippen molar-refractivity contribution < 1.29 is 9.21 Å². The number of aromatic nitrogens is 3. The van der Waals surface area contributed by atoms with Gasteiger partial charge in [0.1, 0.15) is 5.69 Å². The number of para-hydroxylation sites is 1. The summed E-state index contributed by atoms with van der Waals surface area (Å²) in [6.07, 6.45) is 3.53. The van der Waals surface area contributed by atoms with Crippen molar-refractivity contribution in [3.63, 3.8) is 0 Å². The molecule has 4 heterocycles. The van der Waals surface area contributed by atoms with E-state index in [1.807, 2.05) is 48.8 Å². The molecule has 8 heteroatoms. The van der Waals surface area contributed by atoms with E-state index in [0.717, 1.165) is 27.0 Å². The Hall–Kier alpha value is -3.23. The Bertz CT molecular complexity index is 1280. The summed E-state index contributed by atoms with van der Waals surface area (Å²) in [5.74, 6) is 0.384. The van der Waals surface area contributed by atoms with Crippen LogP contribution in [-0.2, 0) is 0 Å². The van der Waals surface area contributed by atoms with Crippen LogP contribution in [0.5, 0.6) is 0 Å². The van der Waals surface area contributed by atoms with Crippen molar-refractivity contribution in [2.24, 2.45) is 0 Å². The number of aromatic amines is 1. The maximum absolute atomic E-state index is 12.7. The lowest BCUT2D eigenvalue weighted by Gasteiger charge is -1.99. The molecular weight excluding hydrogens is 392 g/mol. The predicted octanol–water partition coefficient (Wildman–Crippen LogP) is 5.57. The zero-order valence-corrected chi connectivity index (χ0v) is 16.4. The van der Waals surface area contributed by atoms with Crippen molar-refractivity contribution in [1.29, 1.82) is 0 Å². The molecule has 6 nitrogen and oxygen atoms in total. The van der Waals surface area contributed by atoms with Gasteiger partial charge in [-0.05, 0) is 25.1 Å². The summed E-state index contributed by atoms with van der Waals surface area (Å²) in [6.45, 7) is 1.87. The number of carbonyl (C=O) groups excluding carboxylic acids is 1. The van der Waals surface area contributed by atoms with Gasteiger partial charge < -0.3 is 9.40 Å². The van der Waals surface area contributed by atoms with Crippen molar-refractivity contribution in [2.75, 3.05) is 5.32 Å². The first kappa shape index (κ1) is 16.9. The lowest BCUT2D eigenvalue weighted by Crippen LogP contribution is -2.13. The Kier molecular flexibility index (Phi) is 4.07. The molecule has 0 saturated carbocycles. The molecule has 2 N–H and O–H groups in total. The standard InChI is InChI=1S/C20H14N4O2S2/c1-11-17(23-19(28-11)16-7-4-8-26-16)18(25)24-20-22-15(10-27-20)13-9-21-14-6-3-2-5-12(13)14/h2-10,21H,1H3,(H,22,24,25). The molecule has 0 fully saturated rings. The molecule has 28 heavy (non-hydrogen) atoms. The van der Waals surface area contributed by atoms with Crippen LogP contribution in [0.25, 0.3) is 32.9 Å². The highest BCUT2D eigenvalue weighted by molar-refractivity contribution is 7.15. The molecule has 138 valence electrons. The number of hydrogen-bond acceptors (Lipinski definition) is 6. The summed E-state index contributed by atoms with van der Waals surface area (Å²) in [5.41, 5.74) is 3.28. The Balaban J connectivity index is 1.40. The highest BCUT2D eigenvalue weighted by atomic mass is 32.1. The number of hydrogen-bond donors (Lipinski definition) is 2. The molecule has 0 radical (unpaired) electrons. The summed E-state index contributed by atoms with van der Waals surface area (Å²) in [5, 5.41) is 7.12. The van der Waals surface area contributed by atoms with Crippen molar-refractivity contribution in [3.8, 4) is 22.0 Å². The molecule has 0 aliphatic carbocycles. The van der Waals surface area contributed by atoms with Crippen LogP contribution in [0, 0.1) is 6.92 Å². The number of thiazole rings is 2. The van der Waals surface area contributed by atoms with Gasteiger partial charge in [-0.3, -0.25) is 10.1 Å². The van der Waals surface area contributed by atoms with Crippen molar-refractivity contribution in [1.82, 2.24) is 15.0 Å². The van der Waals surface area contributed by atoms with Crippen LogP contribution in [0.15, 0.2) is 58.7 Å². The molecule has 1 amide bonds. The van der Waals surface area contributed by atoms with Crippen molar-refractivity contribution in [3.05, 3.63) is 64.8 Å². The number of H-pyrrole nitrogens is 1. The summed E-state index contributed by atoms with van der Waals surface area (Å²) in [6, 6.07) is 11.7. The second kappa shape index (κ2) is 6.74. The number of fused-ring (bicyclic) bond motifs is 1. The fraction of sp³-hybridized carbons (Fsp3) is 0.0500. The number of nitrogens with zero attached hydrogens (tertiary/aromatic N) is 2. The van der Waals surface area contributed by atoms with Gasteiger partial charge in [0.2, 0.25) is 0 Å². The van der Waals surface area contributed by atoms with Crippen LogP contribution >= 0.6 is 22.7 Å². The molecule has 0 unspecified atom stereocenters. The summed E-state index contributed by atoms with van der Waals surface area (Å²) >= 11 is 2.82. The third-order valence-electron chi connectivity index (χ3n) is 4.33. The van der Waals surface area contributed by atoms with Crippen LogP contribution in [0.1, 0.15) is 15.4 Å². The van der Waals surface area contributed by atoms with Gasteiger partial charge in [0, 0.05) is 32.9 Å². The van der Waals surface area contributed by atoms with Gasteiger partial charge in [-0.25, -0.2) is 9.97 Å². The zero-order chi connectivity index (χ0) is 19.1. The largest absolute Gasteiger partial charge is 0.462 e. The maximum Gasteiger partial charge on any atom is 0.277 e. The van der Waals surface area contributed by atoms with Gasteiger partial charge in [-0.1, -0.05) is 18.2 Å². The first-order chi connectivity index (χ1) is 13.7. The Morgan fingerprint density at radius 3 is 2.93 bits per heavy atom. The lowest BCUT2D eigenvalue weighted by atomic mass is 10.1. The van der Waals surface area contributed by atoms with Crippen LogP contribution in [-0.4, -0.2) is 20.9 Å². The first-order valence-electron chi connectivity index (χ1n) is 8.54. The van der Waals surface area contributed by atoms with E-state index >= 15 is 0 Å². The molecule has 0 atom stereocenters. The molecule has 0 spiro atoms. The zero-order valence-electron chi connectivity index (χ0n) is 14.7. The Labute approximate surface area is 167 Å². The molecule has 5 rings (SSSR count). The molecule has 4 aromatic heterocycles. The normalized spacial score (nSPS) is 11.2. The second-order valence-corrected chi connectivity index (χ2v) is 8.20. The fourth-order valence-electron chi connectivity index (χ4n) is 3.01. The quantitative estimate of drug-likeness (QED) is 0.409. The minimum absolute atomic E-state index is 0.272. The van der Waals surface area contributed by atoms with E-state index < -0.39 is 0 Å². The lowest BCUT2D eigenvalue weighted by molar-refractivity contribution is 0.102. The van der Waals surface area contributed by atoms with Crippen LogP contribution in [0.4, 0.5) is 5.13 Å². The van der Waals surface area contributed by atoms with E-state index in [9.17, 15) is 4.79 Å². The number of rotatable bonds is 4. The number of amides is 1. The van der Waals surface area contributed by atoms with Gasteiger partial charge in [0.05, 0.1) is 12.0 Å². The summed E-state index contributed by atoms with van der Waals surface area (Å²) < 4.78 is 5.37. The predicted molar refractivity (Wildman–Crippen MR) is 112 cm³/mol. The number of aryl methyl sites for hydroxylation is 1. The third kappa shape index (κ3) is 2.92. The topological polar surface area (TPSA) is 83.8 Å². The molecule has 0 aliphatic heterocycles. The Morgan fingerprint density at radius 1 is 1.18 bits per heavy atom. The second-order valence-electron chi connectivity index (χ2n) is 6.14. The summed E-state index contributed by atoms with van der Waals surface area (Å²) in [7, 11) is 0. The van der Waals surface area contributed by atoms with Gasteiger partial charge in [0.15, 0.2) is 15.9 Å². The van der Waals surface area contributed by atoms with Gasteiger partial charge in [-0.15, -0.1) is 22.7 Å². The number of anilines is 1. The van der Waals surface area contributed by atoms with Crippen molar-refractivity contribution >= 4 is 44.6 Å². The van der Waals surface area contributed by atoms with Gasteiger partial charge >= 0.3 is 0 Å². The van der Waals surface area contributed by atoms with Gasteiger partial charge in [-0.2, -0.15) is 0 Å². The number of carbonyl (C=O) groups is 1. The summed E-state index contributed by atoms with van der Waals surface area (Å²) in [4.78, 5) is 25.8. The molecule has 5 aromatic rings. The number of benzene rings is 1. The van der Waals surface area contributed by atoms with E-state index in [-0.39, 0.29) is 5.91 Å². The van der Waals surface area contributed by atoms with Crippen molar-refractivity contribution in [2.45, 2.75) is 6.92 Å². The van der Waals surface area contributed by atoms with Gasteiger partial charge in [0.25, 0.3) is 5.91 Å². The van der Waals surface area contributed by atoms with E-state index in [1.165, 1.54) is 22.7 Å². The number of nitrogens with one attached hydrogen (secondary N) is 2. The Morgan fingerprint density at radius 2 is 2.07 bits per heavy atom. The third-order valence-corrected chi connectivity index (χ3v) is 6.08. The highest BCUT2D eigenvalue weighted by Crippen LogP contribution is 2.32. The van der Waals surface area contributed by atoms with E-state index in [4.69, 9.17) is 4.42 Å². The van der Waals surface area contributed by atoms with Crippen LogP contribution in [0.2, 0.25) is 0 Å². The average Bonchev–Trinajstić information content (AvgIpc) is 3.47. The van der Waals surface area contributed by atoms with E-state index in [1.54, 1.807) is 12.3 Å². The smallest absolute Gasteiger partial charge is 0.277 e. The number of furan rings is 1. The van der Waals surface area contributed by atoms with E-state index in [0.29, 0.717) is 21.6 Å². The van der Waals surface area contributed by atoms with Crippen LogP contribution in [0.3, 0.4) is 0 Å². The minimum atomic E-state index is -0.272. The fourth-order valence-corrected chi connectivity index (χ4v) is 4.59. The molecule has 0 saturated heterocycles. The maximum atomic E-state index is 12.7. The van der Waals surface area contributed by atoms with E-state index in [2.05, 4.69) is 20.3 Å². The minimum Gasteiger partial charge on any atom is -0.462 e. The molecule has 0 bridgehead atoms. The molecule has 1 aromatic carbocycles. The van der Waals surface area contributed by atoms with Crippen LogP contribution < -0.4 is 5.32 Å².